The van der Waals surface area contributed by atoms with Crippen molar-refractivity contribution in [2.24, 2.45) is 0 Å². The van der Waals surface area contributed by atoms with E-state index in [2.05, 4.69) is 20.8 Å². The number of aromatic nitrogens is 2. The average molecular weight is 533 g/mol. The second-order valence-electron chi connectivity index (χ2n) is 8.21. The molecule has 1 aromatic heterocycles. The van der Waals surface area contributed by atoms with Crippen LogP contribution in [0.15, 0.2) is 47.6 Å². The third-order valence-electron chi connectivity index (χ3n) is 5.97. The third-order valence-corrected chi connectivity index (χ3v) is 8.56. The van der Waals surface area contributed by atoms with Crippen molar-refractivity contribution < 1.29 is 24.2 Å². The number of amides is 1. The molecule has 0 bridgehead atoms. The van der Waals surface area contributed by atoms with Gasteiger partial charge in [-0.3, -0.25) is 19.4 Å². The van der Waals surface area contributed by atoms with Gasteiger partial charge in [0.1, 0.15) is 15.4 Å². The molecule has 2 aromatic rings. The van der Waals surface area contributed by atoms with Crippen LogP contribution in [0.4, 0.5) is 0 Å². The maximum absolute atomic E-state index is 12.8. The lowest BCUT2D eigenvalue weighted by molar-refractivity contribution is -0.161. The van der Waals surface area contributed by atoms with E-state index in [9.17, 15) is 19.5 Å². The molecule has 1 aromatic carbocycles. The van der Waals surface area contributed by atoms with Crippen molar-refractivity contribution in [3.63, 3.8) is 0 Å². The molecule has 1 amide bonds. The summed E-state index contributed by atoms with van der Waals surface area (Å²) in [6, 6.07) is 9.95. The van der Waals surface area contributed by atoms with E-state index in [0.717, 1.165) is 5.56 Å². The number of esters is 1. The highest BCUT2D eigenvalue weighted by molar-refractivity contribution is 9.10. The van der Waals surface area contributed by atoms with Crippen LogP contribution in [0.2, 0.25) is 0 Å². The molecule has 3 aliphatic rings. The minimum absolute atomic E-state index is 0.000635. The van der Waals surface area contributed by atoms with E-state index in [1.54, 1.807) is 0 Å². The van der Waals surface area contributed by atoms with Gasteiger partial charge in [0.05, 0.1) is 5.69 Å². The summed E-state index contributed by atoms with van der Waals surface area (Å²) in [7, 11) is 0. The van der Waals surface area contributed by atoms with Crippen LogP contribution in [0, 0.1) is 0 Å². The van der Waals surface area contributed by atoms with Gasteiger partial charge in [0.15, 0.2) is 5.82 Å². The number of imidazole rings is 1. The standard InChI is InChI=1S/C22H21BrN4O5S/c1-13(28)32-18-17-24-15(9-22(23)20(31)27-16(19(29)30)12-33-21(22)27)11-25(17)7-8-26(18)10-14-5-3-2-4-6-14/h2-6,11-12,18,21H,7-10H2,1H3,(H,29,30)/t18?,21-,22?/m1/s1. The summed E-state index contributed by atoms with van der Waals surface area (Å²) in [4.78, 5) is 44.2. The fourth-order valence-electron chi connectivity index (χ4n) is 4.45. The smallest absolute Gasteiger partial charge is 0.353 e. The molecule has 3 aliphatic heterocycles. The van der Waals surface area contributed by atoms with Crippen LogP contribution in [0.5, 0.6) is 0 Å². The number of hydrogen-bond donors (Lipinski definition) is 1. The van der Waals surface area contributed by atoms with Gasteiger partial charge in [-0.1, -0.05) is 46.3 Å². The SMILES string of the molecule is CC(=O)OC1c2nc(CC3(Br)C(=O)N4C(C(=O)O)=CS[C@@H]43)cn2CCN1Cc1ccccc1. The van der Waals surface area contributed by atoms with Gasteiger partial charge < -0.3 is 14.4 Å². The number of carboxylic acids is 1. The Kier molecular flexibility index (Phi) is 5.58. The number of β-lactam (4-membered cyclic amide) rings is 1. The summed E-state index contributed by atoms with van der Waals surface area (Å²) < 4.78 is 6.68. The van der Waals surface area contributed by atoms with Crippen LogP contribution >= 0.6 is 27.7 Å². The zero-order valence-electron chi connectivity index (χ0n) is 17.7. The average Bonchev–Trinajstić information content (AvgIpc) is 3.38. The Morgan fingerprint density at radius 1 is 1.30 bits per heavy atom. The summed E-state index contributed by atoms with van der Waals surface area (Å²) in [6.45, 7) is 3.33. The lowest BCUT2D eigenvalue weighted by atomic mass is 9.92. The fourth-order valence-corrected chi connectivity index (χ4v) is 6.66. The summed E-state index contributed by atoms with van der Waals surface area (Å²) in [5.74, 6) is -1.19. The minimum Gasteiger partial charge on any atom is -0.477 e. The number of thioether (sulfide) groups is 1. The lowest BCUT2D eigenvalue weighted by Gasteiger charge is -2.48. The number of benzene rings is 1. The fraction of sp³-hybridized carbons (Fsp3) is 0.364. The number of ether oxygens (including phenoxy) is 1. The van der Waals surface area contributed by atoms with Crippen molar-refractivity contribution in [1.82, 2.24) is 19.4 Å². The number of fused-ring (bicyclic) bond motifs is 2. The normalized spacial score (nSPS) is 26.3. The van der Waals surface area contributed by atoms with Crippen molar-refractivity contribution in [2.75, 3.05) is 6.54 Å². The molecule has 1 fully saturated rings. The predicted molar refractivity (Wildman–Crippen MR) is 123 cm³/mol. The van der Waals surface area contributed by atoms with E-state index in [0.29, 0.717) is 37.6 Å². The van der Waals surface area contributed by atoms with Crippen molar-refractivity contribution in [2.45, 2.75) is 42.4 Å². The van der Waals surface area contributed by atoms with Gasteiger partial charge in [0.2, 0.25) is 12.1 Å². The van der Waals surface area contributed by atoms with Crippen molar-refractivity contribution in [1.29, 1.82) is 0 Å². The van der Waals surface area contributed by atoms with Gasteiger partial charge in [-0.2, -0.15) is 0 Å². The number of carboxylic acid groups (broad SMARTS) is 1. The Labute approximate surface area is 202 Å². The first kappa shape index (κ1) is 22.2. The van der Waals surface area contributed by atoms with Gasteiger partial charge >= 0.3 is 11.9 Å². The minimum atomic E-state index is -1.12. The predicted octanol–water partition coefficient (Wildman–Crippen LogP) is 2.48. The highest BCUT2D eigenvalue weighted by atomic mass is 79.9. The molecule has 0 aliphatic carbocycles. The Morgan fingerprint density at radius 3 is 2.76 bits per heavy atom. The maximum atomic E-state index is 12.8. The van der Waals surface area contributed by atoms with E-state index in [-0.39, 0.29) is 17.0 Å². The molecule has 172 valence electrons. The highest BCUT2D eigenvalue weighted by Gasteiger charge is 2.63. The quantitative estimate of drug-likeness (QED) is 0.343. The first-order valence-electron chi connectivity index (χ1n) is 10.4. The number of nitrogens with zero attached hydrogens (tertiary/aromatic N) is 4. The van der Waals surface area contributed by atoms with Crippen LogP contribution in [0.1, 0.15) is 30.2 Å². The van der Waals surface area contributed by atoms with Crippen LogP contribution in [-0.2, 0) is 38.6 Å². The Hall–Kier alpha value is -2.63. The van der Waals surface area contributed by atoms with E-state index in [1.165, 1.54) is 29.0 Å². The molecule has 0 saturated carbocycles. The zero-order valence-corrected chi connectivity index (χ0v) is 20.1. The molecule has 2 unspecified atom stereocenters. The van der Waals surface area contributed by atoms with Gasteiger partial charge in [-0.05, 0) is 5.56 Å². The Balaban J connectivity index is 1.37. The third kappa shape index (κ3) is 3.77. The van der Waals surface area contributed by atoms with Crippen LogP contribution < -0.4 is 0 Å². The number of aliphatic carboxylic acids is 1. The van der Waals surface area contributed by atoms with E-state index in [4.69, 9.17) is 9.72 Å². The van der Waals surface area contributed by atoms with Gasteiger partial charge in [-0.25, -0.2) is 9.78 Å². The van der Waals surface area contributed by atoms with Crippen LogP contribution in [-0.4, -0.2) is 58.5 Å². The summed E-state index contributed by atoms with van der Waals surface area (Å²) in [5, 5.41) is 10.5. The highest BCUT2D eigenvalue weighted by Crippen LogP contribution is 2.53. The molecule has 1 N–H and O–H groups in total. The molecule has 0 spiro atoms. The molecule has 4 heterocycles. The van der Waals surface area contributed by atoms with Gasteiger partial charge in [0, 0.05) is 44.6 Å². The Morgan fingerprint density at radius 2 is 2.06 bits per heavy atom. The van der Waals surface area contributed by atoms with Gasteiger partial charge in [0.25, 0.3) is 0 Å². The number of carbonyl (C=O) groups excluding carboxylic acids is 2. The number of carbonyl (C=O) groups is 3. The molecular formula is C22H21BrN4O5S. The molecule has 3 atom stereocenters. The van der Waals surface area contributed by atoms with Crippen molar-refractivity contribution >= 4 is 45.5 Å². The van der Waals surface area contributed by atoms with Gasteiger partial charge in [-0.15, -0.1) is 11.8 Å². The monoisotopic (exact) mass is 532 g/mol. The molecular weight excluding hydrogens is 512 g/mol. The molecule has 5 rings (SSSR count). The van der Waals surface area contributed by atoms with Crippen molar-refractivity contribution in [3.8, 4) is 0 Å². The summed E-state index contributed by atoms with van der Waals surface area (Å²) >= 11 is 4.88. The maximum Gasteiger partial charge on any atom is 0.353 e. The number of hydrogen-bond acceptors (Lipinski definition) is 7. The van der Waals surface area contributed by atoms with E-state index in [1.807, 2.05) is 41.1 Å². The first-order valence-corrected chi connectivity index (χ1v) is 12.1. The molecule has 11 heteroatoms. The second kappa shape index (κ2) is 8.30. The lowest BCUT2D eigenvalue weighted by Crippen LogP contribution is -2.68. The van der Waals surface area contributed by atoms with E-state index < -0.39 is 22.5 Å². The largest absolute Gasteiger partial charge is 0.477 e. The first-order chi connectivity index (χ1) is 15.8. The summed E-state index contributed by atoms with van der Waals surface area (Å²) in [6.07, 6.45) is 1.55. The Bertz CT molecular complexity index is 1170. The number of halogens is 1. The topological polar surface area (TPSA) is 105 Å². The molecule has 33 heavy (non-hydrogen) atoms. The molecule has 1 saturated heterocycles. The van der Waals surface area contributed by atoms with Crippen LogP contribution in [0.25, 0.3) is 0 Å². The molecule has 9 nitrogen and oxygen atoms in total. The molecule has 0 radical (unpaired) electrons. The zero-order chi connectivity index (χ0) is 23.3. The van der Waals surface area contributed by atoms with E-state index >= 15 is 0 Å². The number of rotatable bonds is 6. The van der Waals surface area contributed by atoms with Crippen molar-refractivity contribution in [3.05, 3.63) is 64.7 Å². The summed E-state index contributed by atoms with van der Waals surface area (Å²) in [5.41, 5.74) is 1.79. The van der Waals surface area contributed by atoms with Crippen LogP contribution in [0.3, 0.4) is 0 Å². The number of alkyl halides is 1. The second-order valence-corrected chi connectivity index (χ2v) is 10.6.